The molecule has 138 valence electrons. The number of benzene rings is 2. The summed E-state index contributed by atoms with van der Waals surface area (Å²) >= 11 is 1.46. The Labute approximate surface area is 166 Å². The van der Waals surface area contributed by atoms with Gasteiger partial charge >= 0.3 is 0 Å². The molecule has 2 aromatic carbocycles. The fourth-order valence-electron chi connectivity index (χ4n) is 3.24. The molecule has 2 heterocycles. The van der Waals surface area contributed by atoms with Crippen LogP contribution in [0.3, 0.4) is 0 Å². The van der Waals surface area contributed by atoms with Crippen molar-refractivity contribution in [1.82, 2.24) is 9.55 Å². The van der Waals surface area contributed by atoms with Gasteiger partial charge in [0, 0.05) is 23.7 Å². The second kappa shape index (κ2) is 7.67. The van der Waals surface area contributed by atoms with Crippen LogP contribution in [0.2, 0.25) is 0 Å². The molecule has 5 nitrogen and oxygen atoms in total. The highest BCUT2D eigenvalue weighted by molar-refractivity contribution is 7.17. The average Bonchev–Trinajstić information content (AvgIpc) is 3.16. The van der Waals surface area contributed by atoms with Crippen LogP contribution in [-0.4, -0.2) is 16.6 Å². The Kier molecular flexibility index (Phi) is 4.92. The number of para-hydroxylation sites is 1. The van der Waals surface area contributed by atoms with E-state index < -0.39 is 0 Å². The molecule has 0 spiro atoms. The first-order valence-corrected chi connectivity index (χ1v) is 9.76. The Balaban J connectivity index is 1.83. The van der Waals surface area contributed by atoms with Gasteiger partial charge in [-0.1, -0.05) is 48.5 Å². The Morgan fingerprint density at radius 2 is 1.79 bits per heavy atom. The molecule has 4 aromatic rings. The third-order valence-electron chi connectivity index (χ3n) is 4.66. The maximum Gasteiger partial charge on any atom is 0.263 e. The SMILES string of the molecule is CN(Cc1nc2scc(-c3ccccc3)c2c(=O)n1CC#N)c1ccccc1. The van der Waals surface area contributed by atoms with Crippen LogP contribution in [0.1, 0.15) is 5.82 Å². The van der Waals surface area contributed by atoms with Gasteiger partial charge in [-0.25, -0.2) is 4.98 Å². The minimum Gasteiger partial charge on any atom is -0.367 e. The molecule has 0 aliphatic rings. The van der Waals surface area contributed by atoms with Crippen LogP contribution in [0.25, 0.3) is 21.3 Å². The second-order valence-electron chi connectivity index (χ2n) is 6.46. The van der Waals surface area contributed by atoms with Gasteiger partial charge in [0.15, 0.2) is 0 Å². The van der Waals surface area contributed by atoms with E-state index in [0.717, 1.165) is 16.8 Å². The average molecular weight is 386 g/mol. The molecule has 6 heteroatoms. The van der Waals surface area contributed by atoms with Crippen molar-refractivity contribution in [3.8, 4) is 17.2 Å². The highest BCUT2D eigenvalue weighted by Gasteiger charge is 2.18. The molecule has 0 radical (unpaired) electrons. The molecular weight excluding hydrogens is 368 g/mol. The monoisotopic (exact) mass is 386 g/mol. The van der Waals surface area contributed by atoms with E-state index in [9.17, 15) is 10.1 Å². The summed E-state index contributed by atoms with van der Waals surface area (Å²) in [6.07, 6.45) is 0. The van der Waals surface area contributed by atoms with Crippen LogP contribution in [0.15, 0.2) is 70.8 Å². The first kappa shape index (κ1) is 18.0. The van der Waals surface area contributed by atoms with Gasteiger partial charge in [-0.3, -0.25) is 9.36 Å². The third-order valence-corrected chi connectivity index (χ3v) is 5.53. The van der Waals surface area contributed by atoms with Crippen LogP contribution in [0.4, 0.5) is 5.69 Å². The van der Waals surface area contributed by atoms with Gasteiger partial charge in [-0.15, -0.1) is 11.3 Å². The van der Waals surface area contributed by atoms with E-state index in [0.29, 0.717) is 22.6 Å². The number of anilines is 1. The largest absolute Gasteiger partial charge is 0.367 e. The van der Waals surface area contributed by atoms with Gasteiger partial charge in [0.25, 0.3) is 5.56 Å². The number of nitriles is 1. The van der Waals surface area contributed by atoms with Crippen molar-refractivity contribution in [2.75, 3.05) is 11.9 Å². The molecule has 0 saturated carbocycles. The Bertz CT molecular complexity index is 1210. The van der Waals surface area contributed by atoms with Crippen LogP contribution in [0, 0.1) is 11.3 Å². The summed E-state index contributed by atoms with van der Waals surface area (Å²) in [6.45, 7) is 0.416. The van der Waals surface area contributed by atoms with Crippen molar-refractivity contribution >= 4 is 27.2 Å². The third kappa shape index (κ3) is 3.28. The van der Waals surface area contributed by atoms with Crippen LogP contribution < -0.4 is 10.5 Å². The van der Waals surface area contributed by atoms with Crippen LogP contribution >= 0.6 is 11.3 Å². The maximum atomic E-state index is 13.3. The zero-order chi connectivity index (χ0) is 19.5. The molecule has 0 bridgehead atoms. The van der Waals surface area contributed by atoms with Gasteiger partial charge in [-0.05, 0) is 17.7 Å². The lowest BCUT2D eigenvalue weighted by atomic mass is 10.1. The molecule has 0 fully saturated rings. The molecule has 0 unspecified atom stereocenters. The lowest BCUT2D eigenvalue weighted by molar-refractivity contribution is 0.684. The molecule has 0 aliphatic carbocycles. The van der Waals surface area contributed by atoms with E-state index in [1.807, 2.05) is 78.0 Å². The number of thiophene rings is 1. The second-order valence-corrected chi connectivity index (χ2v) is 7.32. The lowest BCUT2D eigenvalue weighted by Crippen LogP contribution is -2.29. The highest BCUT2D eigenvalue weighted by atomic mass is 32.1. The minimum absolute atomic E-state index is 0.0240. The molecule has 0 atom stereocenters. The molecule has 0 amide bonds. The molecule has 0 aliphatic heterocycles. The fourth-order valence-corrected chi connectivity index (χ4v) is 4.19. The standard InChI is InChI=1S/C22H18N4OS/c1-25(17-10-6-3-7-11-17)14-19-24-21-20(22(27)26(19)13-12-23)18(15-28-21)16-8-4-2-5-9-16/h2-11,15H,13-14H2,1H3. The summed E-state index contributed by atoms with van der Waals surface area (Å²) < 4.78 is 1.49. The maximum absolute atomic E-state index is 13.3. The summed E-state index contributed by atoms with van der Waals surface area (Å²) in [4.78, 5) is 20.8. The van der Waals surface area contributed by atoms with Crippen molar-refractivity contribution < 1.29 is 0 Å². The van der Waals surface area contributed by atoms with E-state index in [-0.39, 0.29) is 12.1 Å². The molecule has 28 heavy (non-hydrogen) atoms. The lowest BCUT2D eigenvalue weighted by Gasteiger charge is -2.20. The number of hydrogen-bond acceptors (Lipinski definition) is 5. The summed E-state index contributed by atoms with van der Waals surface area (Å²) in [5, 5.41) is 11.8. The number of nitrogens with zero attached hydrogens (tertiary/aromatic N) is 4. The first-order chi connectivity index (χ1) is 13.7. The fraction of sp³-hybridized carbons (Fsp3) is 0.136. The zero-order valence-electron chi connectivity index (χ0n) is 15.4. The van der Waals surface area contributed by atoms with Crippen molar-refractivity contribution in [3.63, 3.8) is 0 Å². The van der Waals surface area contributed by atoms with Crippen molar-refractivity contribution in [2.24, 2.45) is 0 Å². The molecule has 4 rings (SSSR count). The molecule has 0 saturated heterocycles. The van der Waals surface area contributed by atoms with Gasteiger partial charge in [0.05, 0.1) is 18.0 Å². The van der Waals surface area contributed by atoms with Gasteiger partial charge in [0.1, 0.15) is 17.2 Å². The smallest absolute Gasteiger partial charge is 0.263 e. The summed E-state index contributed by atoms with van der Waals surface area (Å²) in [5.41, 5.74) is 2.71. The van der Waals surface area contributed by atoms with Crippen LogP contribution in [-0.2, 0) is 13.1 Å². The van der Waals surface area contributed by atoms with Gasteiger partial charge < -0.3 is 4.90 Å². The molecular formula is C22H18N4OS. The van der Waals surface area contributed by atoms with E-state index in [1.54, 1.807) is 0 Å². The number of aromatic nitrogens is 2. The zero-order valence-corrected chi connectivity index (χ0v) is 16.2. The van der Waals surface area contributed by atoms with E-state index in [4.69, 9.17) is 4.98 Å². The number of hydrogen-bond donors (Lipinski definition) is 0. The Morgan fingerprint density at radius 1 is 1.11 bits per heavy atom. The molecule has 0 N–H and O–H groups in total. The van der Waals surface area contributed by atoms with Gasteiger partial charge in [-0.2, -0.15) is 5.26 Å². The van der Waals surface area contributed by atoms with Crippen molar-refractivity contribution in [2.45, 2.75) is 13.1 Å². The first-order valence-electron chi connectivity index (χ1n) is 8.88. The quantitative estimate of drug-likeness (QED) is 0.513. The van der Waals surface area contributed by atoms with Crippen LogP contribution in [0.5, 0.6) is 0 Å². The summed E-state index contributed by atoms with van der Waals surface area (Å²) in [6, 6.07) is 21.8. The Morgan fingerprint density at radius 3 is 2.46 bits per heavy atom. The highest BCUT2D eigenvalue weighted by Crippen LogP contribution is 2.31. The minimum atomic E-state index is -0.164. The predicted molar refractivity (Wildman–Crippen MR) is 113 cm³/mol. The normalized spacial score (nSPS) is 10.7. The van der Waals surface area contributed by atoms with Crippen molar-refractivity contribution in [3.05, 3.63) is 82.2 Å². The number of rotatable bonds is 5. The molecule has 2 aromatic heterocycles. The Hall–Kier alpha value is -3.43. The van der Waals surface area contributed by atoms with E-state index in [1.165, 1.54) is 15.9 Å². The summed E-state index contributed by atoms with van der Waals surface area (Å²) in [7, 11) is 1.95. The predicted octanol–water partition coefficient (Wildman–Crippen LogP) is 4.28. The number of fused-ring (bicyclic) bond motifs is 1. The summed E-state index contributed by atoms with van der Waals surface area (Å²) in [5.74, 6) is 0.590. The van der Waals surface area contributed by atoms with Gasteiger partial charge in [0.2, 0.25) is 0 Å². The van der Waals surface area contributed by atoms with Crippen molar-refractivity contribution in [1.29, 1.82) is 5.26 Å². The topological polar surface area (TPSA) is 61.9 Å². The van der Waals surface area contributed by atoms with E-state index >= 15 is 0 Å². The van der Waals surface area contributed by atoms with E-state index in [2.05, 4.69) is 6.07 Å².